The molecule has 0 aliphatic carbocycles. The van der Waals surface area contributed by atoms with E-state index in [4.69, 9.17) is 4.74 Å². The van der Waals surface area contributed by atoms with E-state index >= 15 is 0 Å². The van der Waals surface area contributed by atoms with Gasteiger partial charge in [0.2, 0.25) is 15.9 Å². The van der Waals surface area contributed by atoms with Gasteiger partial charge in [-0.2, -0.15) is 4.31 Å². The standard InChI is InChI=1S/C25H30N2O4S/c1-31-23-11-9-21(10-12-23)24-8-5-16-27(24)25(28)22-13-17-26(18-14-22)32(29,30)19-15-20-6-3-2-4-7-20/h2-4,6-7,9-12,15,19,22,24H,5,8,13-14,16-18H2,1H3/b19-15+. The van der Waals surface area contributed by atoms with Crippen molar-refractivity contribution in [2.45, 2.75) is 31.7 Å². The molecule has 2 heterocycles. The lowest BCUT2D eigenvalue weighted by Gasteiger charge is -2.34. The number of rotatable bonds is 6. The summed E-state index contributed by atoms with van der Waals surface area (Å²) in [4.78, 5) is 15.3. The topological polar surface area (TPSA) is 66.9 Å². The minimum atomic E-state index is -3.49. The van der Waals surface area contributed by atoms with Gasteiger partial charge in [-0.25, -0.2) is 8.42 Å². The number of methoxy groups -OCH3 is 1. The number of hydrogen-bond acceptors (Lipinski definition) is 4. The molecule has 0 bridgehead atoms. The Bertz CT molecular complexity index is 1040. The monoisotopic (exact) mass is 454 g/mol. The third-order valence-corrected chi connectivity index (χ3v) is 8.00. The first-order chi connectivity index (χ1) is 15.5. The van der Waals surface area contributed by atoms with Crippen LogP contribution in [0.1, 0.15) is 42.9 Å². The molecule has 0 aromatic heterocycles. The number of carbonyl (C=O) groups is 1. The molecule has 7 heteroatoms. The zero-order valence-electron chi connectivity index (χ0n) is 18.4. The summed E-state index contributed by atoms with van der Waals surface area (Å²) in [5, 5.41) is 1.27. The van der Waals surface area contributed by atoms with Crippen molar-refractivity contribution in [3.8, 4) is 5.75 Å². The Kier molecular flexibility index (Phi) is 6.96. The van der Waals surface area contributed by atoms with Gasteiger partial charge in [0.15, 0.2) is 0 Å². The first-order valence-corrected chi connectivity index (χ1v) is 12.7. The molecule has 170 valence electrons. The molecular formula is C25H30N2O4S. The summed E-state index contributed by atoms with van der Waals surface area (Å²) in [7, 11) is -1.85. The van der Waals surface area contributed by atoms with Gasteiger partial charge in [0, 0.05) is 31.0 Å². The number of benzene rings is 2. The maximum atomic E-state index is 13.3. The summed E-state index contributed by atoms with van der Waals surface area (Å²) < 4.78 is 32.2. The highest BCUT2D eigenvalue weighted by Crippen LogP contribution is 2.35. The minimum absolute atomic E-state index is 0.0870. The molecule has 0 saturated carbocycles. The van der Waals surface area contributed by atoms with E-state index in [1.54, 1.807) is 13.2 Å². The van der Waals surface area contributed by atoms with Crippen molar-refractivity contribution in [2.24, 2.45) is 5.92 Å². The van der Waals surface area contributed by atoms with Crippen LogP contribution in [0.25, 0.3) is 6.08 Å². The van der Waals surface area contributed by atoms with Crippen LogP contribution in [0.15, 0.2) is 60.0 Å². The predicted octanol–water partition coefficient (Wildman–Crippen LogP) is 4.07. The van der Waals surface area contributed by atoms with Crippen LogP contribution in [0.5, 0.6) is 5.75 Å². The third kappa shape index (κ3) is 5.05. The zero-order chi connectivity index (χ0) is 22.6. The second kappa shape index (κ2) is 9.88. The quantitative estimate of drug-likeness (QED) is 0.660. The van der Waals surface area contributed by atoms with Crippen molar-refractivity contribution in [3.63, 3.8) is 0 Å². The average molecular weight is 455 g/mol. The number of likely N-dealkylation sites (tertiary alicyclic amines) is 1. The van der Waals surface area contributed by atoms with Crippen LogP contribution in [0.4, 0.5) is 0 Å². The molecule has 2 aromatic rings. The van der Waals surface area contributed by atoms with Gasteiger partial charge in [-0.1, -0.05) is 42.5 Å². The Labute approximate surface area is 190 Å². The minimum Gasteiger partial charge on any atom is -0.497 e. The van der Waals surface area contributed by atoms with Gasteiger partial charge in [0.1, 0.15) is 5.75 Å². The largest absolute Gasteiger partial charge is 0.497 e. The fourth-order valence-electron chi connectivity index (χ4n) is 4.61. The van der Waals surface area contributed by atoms with Gasteiger partial charge in [0.05, 0.1) is 13.2 Å². The zero-order valence-corrected chi connectivity index (χ0v) is 19.2. The van der Waals surface area contributed by atoms with Crippen molar-refractivity contribution in [1.82, 2.24) is 9.21 Å². The summed E-state index contributed by atoms with van der Waals surface area (Å²) in [6.45, 7) is 1.51. The summed E-state index contributed by atoms with van der Waals surface area (Å²) in [5.74, 6) is 0.832. The van der Waals surface area contributed by atoms with Crippen molar-refractivity contribution >= 4 is 22.0 Å². The molecule has 0 spiro atoms. The molecule has 4 rings (SSSR count). The third-order valence-electron chi connectivity index (χ3n) is 6.43. The number of ether oxygens (including phenoxy) is 1. The second-order valence-corrected chi connectivity index (χ2v) is 10.2. The molecule has 1 amide bonds. The molecule has 1 atom stereocenters. The van der Waals surface area contributed by atoms with Gasteiger partial charge >= 0.3 is 0 Å². The Morgan fingerprint density at radius 1 is 0.969 bits per heavy atom. The van der Waals surface area contributed by atoms with E-state index in [1.807, 2.05) is 59.5 Å². The number of sulfonamides is 1. The first-order valence-electron chi connectivity index (χ1n) is 11.2. The Morgan fingerprint density at radius 3 is 2.31 bits per heavy atom. The molecule has 1 unspecified atom stereocenters. The SMILES string of the molecule is COc1ccc(C2CCCN2C(=O)C2CCN(S(=O)(=O)/C=C/c3ccccc3)CC2)cc1. The van der Waals surface area contributed by atoms with E-state index in [1.165, 1.54) is 9.71 Å². The summed E-state index contributed by atoms with van der Waals surface area (Å²) in [6.07, 6.45) is 4.68. The lowest BCUT2D eigenvalue weighted by molar-refractivity contribution is -0.137. The van der Waals surface area contributed by atoms with E-state index in [0.29, 0.717) is 25.9 Å². The van der Waals surface area contributed by atoms with Crippen LogP contribution in [0, 0.1) is 5.92 Å². The molecule has 2 aliphatic heterocycles. The highest BCUT2D eigenvalue weighted by Gasteiger charge is 2.36. The molecule has 2 aromatic carbocycles. The van der Waals surface area contributed by atoms with Gasteiger partial charge in [-0.05, 0) is 55.0 Å². The van der Waals surface area contributed by atoms with Crippen molar-refractivity contribution in [3.05, 3.63) is 71.1 Å². The summed E-state index contributed by atoms with van der Waals surface area (Å²) in [6, 6.07) is 17.4. The van der Waals surface area contributed by atoms with Crippen LogP contribution in [-0.4, -0.2) is 50.3 Å². The van der Waals surface area contributed by atoms with Crippen molar-refractivity contribution < 1.29 is 17.9 Å². The maximum Gasteiger partial charge on any atom is 0.236 e. The van der Waals surface area contributed by atoms with E-state index in [0.717, 1.165) is 36.3 Å². The fraction of sp³-hybridized carbons (Fsp3) is 0.400. The molecule has 0 radical (unpaired) electrons. The predicted molar refractivity (Wildman–Crippen MR) is 125 cm³/mol. The second-order valence-electron chi connectivity index (χ2n) is 8.39. The van der Waals surface area contributed by atoms with Crippen LogP contribution in [-0.2, 0) is 14.8 Å². The van der Waals surface area contributed by atoms with Gasteiger partial charge < -0.3 is 9.64 Å². The lowest BCUT2D eigenvalue weighted by Crippen LogP contribution is -2.43. The van der Waals surface area contributed by atoms with Crippen LogP contribution in [0.2, 0.25) is 0 Å². The van der Waals surface area contributed by atoms with Crippen molar-refractivity contribution in [1.29, 1.82) is 0 Å². The number of hydrogen-bond donors (Lipinski definition) is 0. The Morgan fingerprint density at radius 2 is 1.66 bits per heavy atom. The fourth-order valence-corrected chi connectivity index (χ4v) is 5.83. The smallest absolute Gasteiger partial charge is 0.236 e. The van der Waals surface area contributed by atoms with E-state index < -0.39 is 10.0 Å². The number of piperidine rings is 1. The van der Waals surface area contributed by atoms with Gasteiger partial charge in [-0.3, -0.25) is 4.79 Å². The van der Waals surface area contributed by atoms with E-state index in [-0.39, 0.29) is 17.9 Å². The van der Waals surface area contributed by atoms with Crippen LogP contribution >= 0.6 is 0 Å². The van der Waals surface area contributed by atoms with Crippen molar-refractivity contribution in [2.75, 3.05) is 26.7 Å². The van der Waals surface area contributed by atoms with Crippen LogP contribution < -0.4 is 4.74 Å². The molecule has 32 heavy (non-hydrogen) atoms. The molecule has 2 aliphatic rings. The normalized spacial score (nSPS) is 20.7. The first kappa shape index (κ1) is 22.6. The number of carbonyl (C=O) groups excluding carboxylic acids is 1. The van der Waals surface area contributed by atoms with E-state index in [9.17, 15) is 13.2 Å². The highest BCUT2D eigenvalue weighted by atomic mass is 32.2. The molecular weight excluding hydrogens is 424 g/mol. The Balaban J connectivity index is 1.37. The summed E-state index contributed by atoms with van der Waals surface area (Å²) >= 11 is 0. The summed E-state index contributed by atoms with van der Waals surface area (Å²) in [5.41, 5.74) is 1.97. The lowest BCUT2D eigenvalue weighted by atomic mass is 9.95. The average Bonchev–Trinajstić information content (AvgIpc) is 3.33. The number of amides is 1. The maximum absolute atomic E-state index is 13.3. The highest BCUT2D eigenvalue weighted by molar-refractivity contribution is 7.92. The van der Waals surface area contributed by atoms with Gasteiger partial charge in [-0.15, -0.1) is 0 Å². The van der Waals surface area contributed by atoms with Gasteiger partial charge in [0.25, 0.3) is 0 Å². The molecule has 0 N–H and O–H groups in total. The van der Waals surface area contributed by atoms with Crippen LogP contribution in [0.3, 0.4) is 0 Å². The molecule has 2 saturated heterocycles. The number of nitrogens with zero attached hydrogens (tertiary/aromatic N) is 2. The molecule has 2 fully saturated rings. The molecule has 6 nitrogen and oxygen atoms in total. The van der Waals surface area contributed by atoms with E-state index in [2.05, 4.69) is 0 Å². The Hall–Kier alpha value is -2.64.